The number of benzene rings is 1. The smallest absolute Gasteiger partial charge is 0.240 e. The van der Waals surface area contributed by atoms with Crippen LogP contribution in [0.1, 0.15) is 6.92 Å². The molecule has 0 amide bonds. The standard InChI is InChI=1S/C11H18N2O3S2/c1-9(17(3)14)8-13-10-4-6-11(7-5-10)18(15,16)12-2/h4-7,9,12-13H,8H2,1-3H3. The van der Waals surface area contributed by atoms with Crippen LogP contribution in [0.15, 0.2) is 29.2 Å². The van der Waals surface area contributed by atoms with Crippen molar-refractivity contribution in [1.29, 1.82) is 0 Å². The van der Waals surface area contributed by atoms with Gasteiger partial charge in [0.25, 0.3) is 0 Å². The Labute approximate surface area is 110 Å². The fourth-order valence-electron chi connectivity index (χ4n) is 1.25. The van der Waals surface area contributed by atoms with E-state index in [0.717, 1.165) is 5.69 Å². The predicted molar refractivity (Wildman–Crippen MR) is 74.7 cm³/mol. The van der Waals surface area contributed by atoms with E-state index in [9.17, 15) is 12.6 Å². The second kappa shape index (κ2) is 6.31. The van der Waals surface area contributed by atoms with E-state index in [1.165, 1.54) is 19.2 Å². The summed E-state index contributed by atoms with van der Waals surface area (Å²) in [6.07, 6.45) is 1.66. The number of hydrogen-bond donors (Lipinski definition) is 2. The molecule has 2 unspecified atom stereocenters. The van der Waals surface area contributed by atoms with Gasteiger partial charge in [0.05, 0.1) is 4.90 Å². The molecule has 1 rings (SSSR count). The molecule has 7 heteroatoms. The number of nitrogens with one attached hydrogen (secondary N) is 2. The number of hydrogen-bond acceptors (Lipinski definition) is 4. The van der Waals surface area contributed by atoms with Gasteiger partial charge in [-0.2, -0.15) is 0 Å². The highest BCUT2D eigenvalue weighted by Crippen LogP contribution is 2.13. The molecule has 0 saturated carbocycles. The Morgan fingerprint density at radius 1 is 1.28 bits per heavy atom. The first-order chi connectivity index (χ1) is 8.36. The van der Waals surface area contributed by atoms with Crippen LogP contribution >= 0.6 is 0 Å². The lowest BCUT2D eigenvalue weighted by molar-refractivity contribution is 0.588. The number of rotatable bonds is 6. The molecule has 0 aliphatic rings. The van der Waals surface area contributed by atoms with Crippen LogP contribution in [-0.4, -0.2) is 37.7 Å². The second-order valence-corrected chi connectivity index (χ2v) is 7.61. The first kappa shape index (κ1) is 15.1. The van der Waals surface area contributed by atoms with E-state index in [0.29, 0.717) is 6.54 Å². The fourth-order valence-corrected chi connectivity index (χ4v) is 2.30. The highest BCUT2D eigenvalue weighted by atomic mass is 32.2. The van der Waals surface area contributed by atoms with Crippen molar-refractivity contribution in [2.24, 2.45) is 0 Å². The van der Waals surface area contributed by atoms with Gasteiger partial charge in [-0.15, -0.1) is 0 Å². The summed E-state index contributed by atoms with van der Waals surface area (Å²) >= 11 is 0. The highest BCUT2D eigenvalue weighted by Gasteiger charge is 2.10. The van der Waals surface area contributed by atoms with E-state index < -0.39 is 20.8 Å². The molecule has 0 aliphatic carbocycles. The maximum Gasteiger partial charge on any atom is 0.240 e. The van der Waals surface area contributed by atoms with Crippen LogP contribution in [0.2, 0.25) is 0 Å². The molecule has 0 spiro atoms. The first-order valence-corrected chi connectivity index (χ1v) is 8.57. The Morgan fingerprint density at radius 2 is 1.83 bits per heavy atom. The third-order valence-corrected chi connectivity index (χ3v) is 5.32. The number of anilines is 1. The minimum Gasteiger partial charge on any atom is -0.384 e. The van der Waals surface area contributed by atoms with E-state index in [-0.39, 0.29) is 10.1 Å². The Balaban J connectivity index is 2.70. The molecule has 0 aromatic heterocycles. The van der Waals surface area contributed by atoms with E-state index >= 15 is 0 Å². The quantitative estimate of drug-likeness (QED) is 0.811. The molecule has 0 bridgehead atoms. The fraction of sp³-hybridized carbons (Fsp3) is 0.455. The summed E-state index contributed by atoms with van der Waals surface area (Å²) in [4.78, 5) is 0.225. The van der Waals surface area contributed by atoms with E-state index in [4.69, 9.17) is 0 Å². The van der Waals surface area contributed by atoms with Crippen LogP contribution in [0.4, 0.5) is 5.69 Å². The Kier molecular flexibility index (Phi) is 5.30. The summed E-state index contributed by atoms with van der Waals surface area (Å²) < 4.78 is 36.4. The van der Waals surface area contributed by atoms with Crippen molar-refractivity contribution in [3.05, 3.63) is 24.3 Å². The lowest BCUT2D eigenvalue weighted by Gasteiger charge is -2.11. The zero-order valence-electron chi connectivity index (χ0n) is 10.6. The van der Waals surface area contributed by atoms with Crippen LogP contribution < -0.4 is 10.0 Å². The summed E-state index contributed by atoms with van der Waals surface area (Å²) in [6, 6.07) is 6.44. The SMILES string of the molecule is CNS(=O)(=O)c1ccc(NCC(C)S(C)=O)cc1. The number of sulfonamides is 1. The van der Waals surface area contributed by atoms with Gasteiger partial charge in [-0.3, -0.25) is 4.21 Å². The average Bonchev–Trinajstić information content (AvgIpc) is 2.36. The van der Waals surface area contributed by atoms with Crippen LogP contribution in [-0.2, 0) is 20.8 Å². The Hall–Kier alpha value is -0.920. The maximum atomic E-state index is 11.5. The molecule has 0 saturated heterocycles. The summed E-state index contributed by atoms with van der Waals surface area (Å²) in [5, 5.41) is 3.16. The lowest BCUT2D eigenvalue weighted by Crippen LogP contribution is -2.21. The van der Waals surface area contributed by atoms with Gasteiger partial charge in [0.2, 0.25) is 10.0 Å². The Morgan fingerprint density at radius 3 is 2.28 bits per heavy atom. The minimum atomic E-state index is -3.39. The topological polar surface area (TPSA) is 75.3 Å². The first-order valence-electron chi connectivity index (χ1n) is 5.46. The summed E-state index contributed by atoms with van der Waals surface area (Å²) in [7, 11) is -2.88. The van der Waals surface area contributed by atoms with Gasteiger partial charge < -0.3 is 5.32 Å². The molecule has 18 heavy (non-hydrogen) atoms. The van der Waals surface area contributed by atoms with Crippen LogP contribution in [0.25, 0.3) is 0 Å². The molecule has 1 aromatic rings. The van der Waals surface area contributed by atoms with Gasteiger partial charge in [-0.1, -0.05) is 0 Å². The molecule has 1 aromatic carbocycles. The van der Waals surface area contributed by atoms with Gasteiger partial charge >= 0.3 is 0 Å². The average molecular weight is 290 g/mol. The largest absolute Gasteiger partial charge is 0.384 e. The molecule has 2 atom stereocenters. The van der Waals surface area contributed by atoms with Gasteiger partial charge in [-0.05, 0) is 38.2 Å². The van der Waals surface area contributed by atoms with Crippen molar-refractivity contribution in [1.82, 2.24) is 4.72 Å². The third kappa shape index (κ3) is 4.08. The van der Waals surface area contributed by atoms with Crippen LogP contribution in [0.3, 0.4) is 0 Å². The van der Waals surface area contributed by atoms with Crippen molar-refractivity contribution in [2.45, 2.75) is 17.1 Å². The highest BCUT2D eigenvalue weighted by molar-refractivity contribution is 7.89. The molecule has 0 radical (unpaired) electrons. The van der Waals surface area contributed by atoms with Crippen LogP contribution in [0, 0.1) is 0 Å². The monoisotopic (exact) mass is 290 g/mol. The van der Waals surface area contributed by atoms with Crippen molar-refractivity contribution < 1.29 is 12.6 Å². The lowest BCUT2D eigenvalue weighted by atomic mass is 10.3. The molecule has 102 valence electrons. The molecular formula is C11H18N2O3S2. The molecule has 2 N–H and O–H groups in total. The summed E-state index contributed by atoms with van der Waals surface area (Å²) in [5.41, 5.74) is 0.808. The van der Waals surface area contributed by atoms with E-state index in [2.05, 4.69) is 10.0 Å². The van der Waals surface area contributed by atoms with E-state index in [1.807, 2.05) is 6.92 Å². The van der Waals surface area contributed by atoms with Gasteiger partial charge in [0.1, 0.15) is 0 Å². The normalized spacial score (nSPS) is 15.1. The van der Waals surface area contributed by atoms with Gasteiger partial charge in [0.15, 0.2) is 0 Å². The van der Waals surface area contributed by atoms with Crippen molar-refractivity contribution >= 4 is 26.5 Å². The van der Waals surface area contributed by atoms with Crippen LogP contribution in [0.5, 0.6) is 0 Å². The zero-order chi connectivity index (χ0) is 13.8. The minimum absolute atomic E-state index is 0.0470. The summed E-state index contributed by atoms with van der Waals surface area (Å²) in [6.45, 7) is 2.48. The van der Waals surface area contributed by atoms with Gasteiger partial charge in [0, 0.05) is 34.5 Å². The van der Waals surface area contributed by atoms with Gasteiger partial charge in [-0.25, -0.2) is 13.1 Å². The molecule has 5 nitrogen and oxygen atoms in total. The molecular weight excluding hydrogens is 272 g/mol. The predicted octanol–water partition coefficient (Wildman–Crippen LogP) is 0.774. The maximum absolute atomic E-state index is 11.5. The van der Waals surface area contributed by atoms with Crippen molar-refractivity contribution in [3.8, 4) is 0 Å². The molecule has 0 heterocycles. The Bertz CT molecular complexity index is 512. The second-order valence-electron chi connectivity index (χ2n) is 3.92. The molecule has 0 aliphatic heterocycles. The van der Waals surface area contributed by atoms with Crippen molar-refractivity contribution in [2.75, 3.05) is 25.2 Å². The molecule has 0 fully saturated rings. The van der Waals surface area contributed by atoms with Crippen molar-refractivity contribution in [3.63, 3.8) is 0 Å². The van der Waals surface area contributed by atoms with E-state index in [1.54, 1.807) is 18.4 Å². The zero-order valence-corrected chi connectivity index (χ0v) is 12.3. The third-order valence-electron chi connectivity index (χ3n) is 2.59. The summed E-state index contributed by atoms with van der Waals surface area (Å²) in [5.74, 6) is 0.